The van der Waals surface area contributed by atoms with Crippen LogP contribution in [-0.2, 0) is 9.59 Å². The first-order valence-electron chi connectivity index (χ1n) is 6.24. The lowest BCUT2D eigenvalue weighted by Crippen LogP contribution is -2.22. The Kier molecular flexibility index (Phi) is 11.2. The molecule has 0 radical (unpaired) electrons. The Morgan fingerprint density at radius 3 is 2.65 bits per heavy atom. The monoisotopic (exact) mass is 257 g/mol. The third kappa shape index (κ3) is 13.2. The molecule has 0 aromatic rings. The van der Waals surface area contributed by atoms with Gasteiger partial charge in [0.25, 0.3) is 0 Å². The maximum absolute atomic E-state index is 11.3. The number of hydrogen-bond donors (Lipinski definition) is 1. The van der Waals surface area contributed by atoms with E-state index in [2.05, 4.69) is 12.2 Å². The van der Waals surface area contributed by atoms with Crippen molar-refractivity contribution < 1.29 is 9.59 Å². The van der Waals surface area contributed by atoms with Crippen LogP contribution >= 0.6 is 11.8 Å². The van der Waals surface area contributed by atoms with Crippen molar-refractivity contribution in [2.24, 2.45) is 0 Å². The minimum atomic E-state index is -0.0514. The Hall–Kier alpha value is -0.770. The summed E-state index contributed by atoms with van der Waals surface area (Å²) < 4.78 is 0. The molecule has 0 bridgehead atoms. The first-order chi connectivity index (χ1) is 8.16. The summed E-state index contributed by atoms with van der Waals surface area (Å²) in [5.74, 6) is 0.586. The lowest BCUT2D eigenvalue weighted by molar-refractivity contribution is -0.118. The van der Waals surface area contributed by atoms with Gasteiger partial charge in [-0.3, -0.25) is 9.59 Å². The zero-order valence-electron chi connectivity index (χ0n) is 10.8. The number of thioether (sulfide) groups is 1. The van der Waals surface area contributed by atoms with Crippen LogP contribution in [-0.4, -0.2) is 23.3 Å². The fraction of sp³-hybridized carbons (Fsp3) is 0.692. The van der Waals surface area contributed by atoms with Gasteiger partial charge in [0.1, 0.15) is 0 Å². The highest BCUT2D eigenvalue weighted by Crippen LogP contribution is 2.05. The number of carbonyl (C=O) groups excluding carboxylic acids is 2. The van der Waals surface area contributed by atoms with Crippen molar-refractivity contribution in [2.45, 2.75) is 46.0 Å². The van der Waals surface area contributed by atoms with E-state index in [1.54, 1.807) is 6.08 Å². The molecule has 0 saturated carbocycles. The molecule has 0 aliphatic carbocycles. The molecule has 1 amide bonds. The van der Waals surface area contributed by atoms with E-state index in [-0.39, 0.29) is 11.0 Å². The molecule has 0 aliphatic rings. The molecule has 0 heterocycles. The van der Waals surface area contributed by atoms with Gasteiger partial charge in [0.05, 0.1) is 0 Å². The highest BCUT2D eigenvalue weighted by atomic mass is 32.2. The third-order valence-corrected chi connectivity index (χ3v) is 3.03. The summed E-state index contributed by atoms with van der Waals surface area (Å²) in [6, 6.07) is 0. The number of amides is 1. The molecule has 0 rings (SSSR count). The molecule has 3 nitrogen and oxygen atoms in total. The molecule has 0 spiro atoms. The van der Waals surface area contributed by atoms with Crippen LogP contribution in [0.25, 0.3) is 0 Å². The van der Waals surface area contributed by atoms with Crippen molar-refractivity contribution in [3.8, 4) is 0 Å². The number of unbranched alkanes of at least 4 members (excludes halogenated alkanes) is 4. The van der Waals surface area contributed by atoms with E-state index in [0.717, 1.165) is 12.8 Å². The summed E-state index contributed by atoms with van der Waals surface area (Å²) in [5, 5.41) is 2.73. The maximum Gasteiger partial charge on any atom is 0.216 e. The summed E-state index contributed by atoms with van der Waals surface area (Å²) in [4.78, 5) is 21.9. The first-order valence-corrected chi connectivity index (χ1v) is 7.23. The Morgan fingerprint density at radius 2 is 2.00 bits per heavy atom. The van der Waals surface area contributed by atoms with Crippen LogP contribution in [0.1, 0.15) is 46.0 Å². The minimum absolute atomic E-state index is 0.0514. The van der Waals surface area contributed by atoms with E-state index >= 15 is 0 Å². The molecule has 0 aromatic heterocycles. The minimum Gasteiger partial charge on any atom is -0.356 e. The molecule has 0 aliphatic heterocycles. The zero-order valence-corrected chi connectivity index (χ0v) is 11.6. The molecule has 0 aromatic carbocycles. The van der Waals surface area contributed by atoms with Crippen LogP contribution in [0.5, 0.6) is 0 Å². The van der Waals surface area contributed by atoms with Crippen LogP contribution in [0.15, 0.2) is 12.2 Å². The van der Waals surface area contributed by atoms with E-state index < -0.39 is 0 Å². The predicted octanol–water partition coefficient (Wildman–Crippen LogP) is 2.91. The van der Waals surface area contributed by atoms with Crippen LogP contribution in [0.4, 0.5) is 0 Å². The lowest BCUT2D eigenvalue weighted by Gasteiger charge is -1.99. The molecule has 0 atom stereocenters. The van der Waals surface area contributed by atoms with Crippen LogP contribution in [0.2, 0.25) is 0 Å². The Balaban J connectivity index is 3.38. The number of allylic oxidation sites excluding steroid dienone is 1. The largest absolute Gasteiger partial charge is 0.356 e. The van der Waals surface area contributed by atoms with Gasteiger partial charge in [-0.2, -0.15) is 0 Å². The molecule has 0 fully saturated rings. The van der Waals surface area contributed by atoms with E-state index in [1.165, 1.54) is 37.9 Å². The Labute approximate surface area is 108 Å². The van der Waals surface area contributed by atoms with Gasteiger partial charge < -0.3 is 5.32 Å². The molecule has 0 unspecified atom stereocenters. The fourth-order valence-electron chi connectivity index (χ4n) is 1.30. The number of carbonyl (C=O) groups is 2. The van der Waals surface area contributed by atoms with Crippen molar-refractivity contribution in [3.05, 3.63) is 12.2 Å². The SMILES string of the molecule is CCCCCC/C=C/C(=O)SCCNC(C)=O. The van der Waals surface area contributed by atoms with Crippen molar-refractivity contribution in [1.29, 1.82) is 0 Å². The van der Waals surface area contributed by atoms with Crippen LogP contribution < -0.4 is 5.32 Å². The highest BCUT2D eigenvalue weighted by molar-refractivity contribution is 8.14. The van der Waals surface area contributed by atoms with Crippen LogP contribution in [0.3, 0.4) is 0 Å². The van der Waals surface area contributed by atoms with E-state index in [4.69, 9.17) is 0 Å². The molecular formula is C13H23NO2S. The fourth-order valence-corrected chi connectivity index (χ4v) is 1.89. The second kappa shape index (κ2) is 11.7. The Bertz CT molecular complexity index is 252. The van der Waals surface area contributed by atoms with E-state index in [0.29, 0.717) is 12.3 Å². The van der Waals surface area contributed by atoms with Gasteiger partial charge in [0.15, 0.2) is 0 Å². The maximum atomic E-state index is 11.3. The standard InChI is InChI=1S/C13H23NO2S/c1-3-4-5-6-7-8-9-13(16)17-11-10-14-12(2)15/h8-9H,3-7,10-11H2,1-2H3,(H,14,15)/b9-8+. The average Bonchev–Trinajstić information content (AvgIpc) is 2.29. The van der Waals surface area contributed by atoms with Gasteiger partial charge in [-0.1, -0.05) is 44.0 Å². The van der Waals surface area contributed by atoms with Crippen molar-refractivity contribution in [2.75, 3.05) is 12.3 Å². The van der Waals surface area contributed by atoms with Crippen molar-refractivity contribution >= 4 is 22.8 Å². The second-order valence-electron chi connectivity index (χ2n) is 3.90. The van der Waals surface area contributed by atoms with E-state index in [1.807, 2.05) is 6.08 Å². The van der Waals surface area contributed by atoms with Gasteiger partial charge in [0, 0.05) is 19.2 Å². The topological polar surface area (TPSA) is 46.2 Å². The van der Waals surface area contributed by atoms with Gasteiger partial charge >= 0.3 is 0 Å². The van der Waals surface area contributed by atoms with Crippen LogP contribution in [0, 0.1) is 0 Å². The molecule has 1 N–H and O–H groups in total. The molecular weight excluding hydrogens is 234 g/mol. The Morgan fingerprint density at radius 1 is 1.24 bits per heavy atom. The van der Waals surface area contributed by atoms with Crippen molar-refractivity contribution in [1.82, 2.24) is 5.32 Å². The van der Waals surface area contributed by atoms with E-state index in [9.17, 15) is 9.59 Å². The summed E-state index contributed by atoms with van der Waals surface area (Å²) in [7, 11) is 0. The van der Waals surface area contributed by atoms with Crippen molar-refractivity contribution in [3.63, 3.8) is 0 Å². The smallest absolute Gasteiger partial charge is 0.216 e. The quantitative estimate of drug-likeness (QED) is 0.510. The highest BCUT2D eigenvalue weighted by Gasteiger charge is 1.97. The predicted molar refractivity (Wildman–Crippen MR) is 74.0 cm³/mol. The molecule has 98 valence electrons. The average molecular weight is 257 g/mol. The summed E-state index contributed by atoms with van der Waals surface area (Å²) in [5.41, 5.74) is 0. The van der Waals surface area contributed by atoms with Gasteiger partial charge in [-0.05, 0) is 18.9 Å². The number of hydrogen-bond acceptors (Lipinski definition) is 3. The summed E-state index contributed by atoms with van der Waals surface area (Å²) in [6.07, 6.45) is 9.49. The van der Waals surface area contributed by atoms with Gasteiger partial charge in [0.2, 0.25) is 11.0 Å². The normalized spacial score (nSPS) is 10.7. The number of rotatable bonds is 9. The second-order valence-corrected chi connectivity index (χ2v) is 5.00. The number of nitrogens with one attached hydrogen (secondary N) is 1. The summed E-state index contributed by atoms with van der Waals surface area (Å²) >= 11 is 1.25. The molecule has 17 heavy (non-hydrogen) atoms. The zero-order chi connectivity index (χ0) is 12.9. The third-order valence-electron chi connectivity index (χ3n) is 2.20. The van der Waals surface area contributed by atoms with Gasteiger partial charge in [-0.15, -0.1) is 0 Å². The first kappa shape index (κ1) is 16.2. The molecule has 0 saturated heterocycles. The molecule has 4 heteroatoms. The summed E-state index contributed by atoms with van der Waals surface area (Å²) in [6.45, 7) is 4.21. The lowest BCUT2D eigenvalue weighted by atomic mass is 10.1. The van der Waals surface area contributed by atoms with Gasteiger partial charge in [-0.25, -0.2) is 0 Å².